The SMILES string of the molecule is C/C(CP)=C(\c1ccccc1C)C1(C)NC(=O)c2cc(Br)ccc21. The first kappa shape index (κ1) is 17.4. The maximum atomic E-state index is 12.6. The normalized spacial score (nSPS) is 20.5. The first-order valence-electron chi connectivity index (χ1n) is 7.97. The minimum absolute atomic E-state index is 0.0172. The van der Waals surface area contributed by atoms with Crippen molar-refractivity contribution in [1.29, 1.82) is 0 Å². The zero-order valence-electron chi connectivity index (χ0n) is 14.1. The summed E-state index contributed by atoms with van der Waals surface area (Å²) < 4.78 is 0.921. The van der Waals surface area contributed by atoms with Crippen LogP contribution in [0.2, 0.25) is 0 Å². The van der Waals surface area contributed by atoms with Gasteiger partial charge in [0, 0.05) is 10.0 Å². The van der Waals surface area contributed by atoms with Crippen LogP contribution in [0, 0.1) is 6.92 Å². The Labute approximate surface area is 154 Å². The number of carbonyl (C=O) groups is 1. The van der Waals surface area contributed by atoms with Gasteiger partial charge in [-0.3, -0.25) is 4.79 Å². The average Bonchev–Trinajstić information content (AvgIpc) is 2.80. The first-order chi connectivity index (χ1) is 11.4. The van der Waals surface area contributed by atoms with Crippen molar-refractivity contribution in [2.45, 2.75) is 26.3 Å². The van der Waals surface area contributed by atoms with E-state index in [0.29, 0.717) is 0 Å². The molecule has 0 aromatic heterocycles. The number of aryl methyl sites for hydroxylation is 1. The van der Waals surface area contributed by atoms with Gasteiger partial charge in [0.1, 0.15) is 0 Å². The van der Waals surface area contributed by atoms with Crippen molar-refractivity contribution < 1.29 is 4.79 Å². The van der Waals surface area contributed by atoms with Crippen LogP contribution in [0.1, 0.15) is 40.9 Å². The number of allylic oxidation sites excluding steroid dienone is 1. The summed E-state index contributed by atoms with van der Waals surface area (Å²) >= 11 is 3.47. The molecule has 124 valence electrons. The summed E-state index contributed by atoms with van der Waals surface area (Å²) in [5.41, 5.74) is 6.10. The van der Waals surface area contributed by atoms with Gasteiger partial charge in [0.15, 0.2) is 0 Å². The summed E-state index contributed by atoms with van der Waals surface area (Å²) in [6.45, 7) is 6.37. The molecule has 2 nitrogen and oxygen atoms in total. The maximum Gasteiger partial charge on any atom is 0.252 e. The molecule has 1 N–H and O–H groups in total. The summed E-state index contributed by atoms with van der Waals surface area (Å²) in [5.74, 6) is -0.0172. The molecule has 1 aliphatic rings. The predicted molar refractivity (Wildman–Crippen MR) is 107 cm³/mol. The predicted octanol–water partition coefficient (Wildman–Crippen LogP) is 5.06. The lowest BCUT2D eigenvalue weighted by atomic mass is 9.78. The number of rotatable bonds is 3. The molecule has 1 amide bonds. The van der Waals surface area contributed by atoms with Crippen LogP contribution in [0.15, 0.2) is 52.5 Å². The maximum absolute atomic E-state index is 12.6. The molecule has 0 bridgehead atoms. The number of carbonyl (C=O) groups excluding carboxylic acids is 1. The quantitative estimate of drug-likeness (QED) is 0.715. The molecule has 0 saturated heterocycles. The second-order valence-electron chi connectivity index (χ2n) is 6.44. The number of fused-ring (bicyclic) bond motifs is 1. The van der Waals surface area contributed by atoms with E-state index >= 15 is 0 Å². The largest absolute Gasteiger partial charge is 0.339 e. The van der Waals surface area contributed by atoms with Gasteiger partial charge in [0.25, 0.3) is 5.91 Å². The Morgan fingerprint density at radius 2 is 1.96 bits per heavy atom. The highest BCUT2D eigenvalue weighted by Crippen LogP contribution is 2.44. The molecule has 24 heavy (non-hydrogen) atoms. The van der Waals surface area contributed by atoms with Crippen LogP contribution in [0.3, 0.4) is 0 Å². The van der Waals surface area contributed by atoms with E-state index in [9.17, 15) is 4.79 Å². The fourth-order valence-electron chi connectivity index (χ4n) is 3.58. The second kappa shape index (κ2) is 6.46. The standard InChI is InChI=1S/C20H21BrNOP/c1-12-6-4-5-7-15(12)18(13(2)11-24)20(3)17-9-8-14(21)10-16(17)19(23)22-20/h4-10H,11,24H2,1-3H3,(H,22,23)/b18-13-. The van der Waals surface area contributed by atoms with Gasteiger partial charge in [-0.05, 0) is 61.3 Å². The highest BCUT2D eigenvalue weighted by Gasteiger charge is 2.43. The zero-order valence-corrected chi connectivity index (χ0v) is 16.9. The summed E-state index contributed by atoms with van der Waals surface area (Å²) in [5, 5.41) is 3.24. The molecule has 2 aromatic carbocycles. The topological polar surface area (TPSA) is 29.1 Å². The summed E-state index contributed by atoms with van der Waals surface area (Å²) in [4.78, 5) is 12.6. The molecule has 0 saturated carbocycles. The molecular formula is C20H21BrNOP. The highest BCUT2D eigenvalue weighted by molar-refractivity contribution is 9.10. The van der Waals surface area contributed by atoms with E-state index < -0.39 is 5.54 Å². The summed E-state index contributed by atoms with van der Waals surface area (Å²) in [6.07, 6.45) is 0.862. The van der Waals surface area contributed by atoms with Crippen molar-refractivity contribution >= 4 is 36.7 Å². The number of nitrogens with one attached hydrogen (secondary N) is 1. The van der Waals surface area contributed by atoms with Gasteiger partial charge in [0.05, 0.1) is 5.54 Å². The summed E-state index contributed by atoms with van der Waals surface area (Å²) in [7, 11) is 2.80. The van der Waals surface area contributed by atoms with E-state index in [-0.39, 0.29) is 5.91 Å². The third-order valence-corrected chi connectivity index (χ3v) is 5.88. The Balaban J connectivity index is 2.29. The minimum atomic E-state index is -0.528. The smallest absolute Gasteiger partial charge is 0.252 e. The van der Waals surface area contributed by atoms with Crippen molar-refractivity contribution in [2.75, 3.05) is 6.16 Å². The van der Waals surface area contributed by atoms with Crippen molar-refractivity contribution in [2.24, 2.45) is 0 Å². The Morgan fingerprint density at radius 1 is 1.25 bits per heavy atom. The van der Waals surface area contributed by atoms with E-state index in [0.717, 1.165) is 21.8 Å². The Hall–Kier alpha value is -1.44. The minimum Gasteiger partial charge on any atom is -0.339 e. The van der Waals surface area contributed by atoms with Gasteiger partial charge in [-0.25, -0.2) is 0 Å². The lowest BCUT2D eigenvalue weighted by Gasteiger charge is -2.32. The van der Waals surface area contributed by atoms with Crippen molar-refractivity contribution in [3.05, 3.63) is 74.8 Å². The molecule has 2 atom stereocenters. The van der Waals surface area contributed by atoms with Gasteiger partial charge in [-0.15, -0.1) is 9.24 Å². The highest BCUT2D eigenvalue weighted by atomic mass is 79.9. The molecule has 0 aliphatic carbocycles. The number of amides is 1. The van der Waals surface area contributed by atoms with Crippen LogP contribution in [0.5, 0.6) is 0 Å². The van der Waals surface area contributed by atoms with Gasteiger partial charge in [0.2, 0.25) is 0 Å². The van der Waals surface area contributed by atoms with E-state index in [4.69, 9.17) is 0 Å². The molecule has 2 unspecified atom stereocenters. The number of halogens is 1. The monoisotopic (exact) mass is 401 g/mol. The second-order valence-corrected chi connectivity index (χ2v) is 7.77. The molecule has 3 rings (SSSR count). The number of hydrogen-bond acceptors (Lipinski definition) is 1. The van der Waals surface area contributed by atoms with Crippen molar-refractivity contribution in [1.82, 2.24) is 5.32 Å². The van der Waals surface area contributed by atoms with Crippen LogP contribution in [-0.2, 0) is 5.54 Å². The van der Waals surface area contributed by atoms with Crippen molar-refractivity contribution in [3.8, 4) is 0 Å². The Bertz CT molecular complexity index is 858. The molecule has 1 heterocycles. The molecule has 0 spiro atoms. The molecule has 0 fully saturated rings. The number of benzene rings is 2. The Morgan fingerprint density at radius 3 is 2.62 bits per heavy atom. The van der Waals surface area contributed by atoms with E-state index in [1.54, 1.807) is 0 Å². The van der Waals surface area contributed by atoms with Gasteiger partial charge < -0.3 is 5.32 Å². The molecule has 2 aromatic rings. The zero-order chi connectivity index (χ0) is 17.5. The fraction of sp³-hybridized carbons (Fsp3) is 0.250. The lowest BCUT2D eigenvalue weighted by molar-refractivity contribution is 0.0948. The lowest BCUT2D eigenvalue weighted by Crippen LogP contribution is -2.38. The van der Waals surface area contributed by atoms with Crippen LogP contribution in [-0.4, -0.2) is 12.1 Å². The number of hydrogen-bond donors (Lipinski definition) is 1. The van der Waals surface area contributed by atoms with Crippen LogP contribution >= 0.6 is 25.2 Å². The fourth-order valence-corrected chi connectivity index (χ4v) is 4.15. The molecular weight excluding hydrogens is 381 g/mol. The van der Waals surface area contributed by atoms with Crippen LogP contribution in [0.4, 0.5) is 0 Å². The van der Waals surface area contributed by atoms with E-state index in [1.807, 2.05) is 24.3 Å². The van der Waals surface area contributed by atoms with Crippen molar-refractivity contribution in [3.63, 3.8) is 0 Å². The van der Waals surface area contributed by atoms with Gasteiger partial charge >= 0.3 is 0 Å². The van der Waals surface area contributed by atoms with Gasteiger partial charge in [-0.2, -0.15) is 0 Å². The molecule has 0 radical (unpaired) electrons. The van der Waals surface area contributed by atoms with E-state index in [1.165, 1.54) is 22.3 Å². The van der Waals surface area contributed by atoms with Crippen LogP contribution in [0.25, 0.3) is 5.57 Å². The van der Waals surface area contributed by atoms with Gasteiger partial charge in [-0.1, -0.05) is 51.8 Å². The van der Waals surface area contributed by atoms with E-state index in [2.05, 4.69) is 69.5 Å². The molecule has 4 heteroatoms. The third-order valence-electron chi connectivity index (χ3n) is 4.78. The first-order valence-corrected chi connectivity index (χ1v) is 9.58. The molecule has 1 aliphatic heterocycles. The Kier molecular flexibility index (Phi) is 4.68. The average molecular weight is 402 g/mol. The summed E-state index contributed by atoms with van der Waals surface area (Å²) in [6, 6.07) is 14.3. The van der Waals surface area contributed by atoms with Crippen LogP contribution < -0.4 is 5.32 Å². The third kappa shape index (κ3) is 2.74.